The number of hydrogen-bond acceptors (Lipinski definition) is 2. The van der Waals surface area contributed by atoms with Crippen molar-refractivity contribution in [3.8, 4) is 0 Å². The predicted octanol–water partition coefficient (Wildman–Crippen LogP) is 7.84. The molecule has 6 saturated carbocycles. The minimum absolute atomic E-state index is 0.545. The zero-order chi connectivity index (χ0) is 23.3. The monoisotopic (exact) mass is 479 g/mol. The summed E-state index contributed by atoms with van der Waals surface area (Å²) in [6.07, 6.45) is 26.6. The molecule has 0 aromatic rings. The van der Waals surface area contributed by atoms with Crippen LogP contribution in [0.25, 0.3) is 0 Å². The van der Waals surface area contributed by atoms with Crippen molar-refractivity contribution in [3.63, 3.8) is 0 Å². The Balaban J connectivity index is 1.18. The van der Waals surface area contributed by atoms with Crippen molar-refractivity contribution in [1.82, 2.24) is 4.90 Å². The van der Waals surface area contributed by atoms with Crippen molar-refractivity contribution in [3.05, 3.63) is 0 Å². The van der Waals surface area contributed by atoms with E-state index in [0.29, 0.717) is 17.6 Å². The van der Waals surface area contributed by atoms with Gasteiger partial charge in [0.2, 0.25) is 0 Å². The molecule has 2 aliphatic heterocycles. The molecule has 8 rings (SSSR count). The molecule has 2 saturated heterocycles. The topological polar surface area (TPSA) is 12.5 Å². The van der Waals surface area contributed by atoms with Crippen molar-refractivity contribution >= 4 is 0 Å². The van der Waals surface area contributed by atoms with Gasteiger partial charge < -0.3 is 4.74 Å². The van der Waals surface area contributed by atoms with E-state index in [9.17, 15) is 0 Å². The number of likely N-dealkylation sites (tertiary alicyclic amines) is 1. The minimum Gasteiger partial charge on any atom is -0.373 e. The molecule has 2 nitrogen and oxygen atoms in total. The average molecular weight is 480 g/mol. The highest BCUT2D eigenvalue weighted by Crippen LogP contribution is 2.68. The van der Waals surface area contributed by atoms with Crippen LogP contribution in [0.1, 0.15) is 123 Å². The molecule has 13 atom stereocenters. The average Bonchev–Trinajstić information content (AvgIpc) is 3.51. The highest BCUT2D eigenvalue weighted by molar-refractivity contribution is 5.17. The number of hydrogen-bond donors (Lipinski definition) is 0. The molecule has 6 aliphatic carbocycles. The van der Waals surface area contributed by atoms with Gasteiger partial charge >= 0.3 is 0 Å². The first-order valence-electron chi connectivity index (χ1n) is 16.6. The van der Waals surface area contributed by atoms with E-state index in [4.69, 9.17) is 4.74 Å². The van der Waals surface area contributed by atoms with Gasteiger partial charge in [-0.1, -0.05) is 58.8 Å². The van der Waals surface area contributed by atoms with Gasteiger partial charge in [0.15, 0.2) is 0 Å². The first-order valence-corrected chi connectivity index (χ1v) is 16.6. The zero-order valence-electron chi connectivity index (χ0n) is 22.9. The molecule has 0 spiro atoms. The Morgan fingerprint density at radius 3 is 2.09 bits per heavy atom. The summed E-state index contributed by atoms with van der Waals surface area (Å²) in [5.41, 5.74) is 0.545. The summed E-state index contributed by atoms with van der Waals surface area (Å²) >= 11 is 0. The van der Waals surface area contributed by atoms with Gasteiger partial charge in [-0.2, -0.15) is 0 Å². The maximum atomic E-state index is 7.17. The number of rotatable bonds is 1. The first kappa shape index (κ1) is 22.9. The van der Waals surface area contributed by atoms with Crippen molar-refractivity contribution in [1.29, 1.82) is 0 Å². The molecule has 0 amide bonds. The normalized spacial score (nSPS) is 56.9. The van der Waals surface area contributed by atoms with Gasteiger partial charge in [-0.05, 0) is 117 Å². The highest BCUT2D eigenvalue weighted by atomic mass is 16.5. The van der Waals surface area contributed by atoms with Gasteiger partial charge in [0.25, 0.3) is 0 Å². The standard InChI is InChI=1S/C33H53NO/c1-33(2)26-14-6-3-10-20(26)23-18-19-24-21-11-4-7-15-27(21)34(31(24)30(23)33)28-16-9-13-25-22-12-5-8-17-29(22)35-32(25)28/h20-32H,3-19H2,1-2H3. The van der Waals surface area contributed by atoms with Gasteiger partial charge in [0, 0.05) is 18.1 Å². The smallest absolute Gasteiger partial charge is 0.0766 e. The summed E-state index contributed by atoms with van der Waals surface area (Å²) < 4.78 is 7.17. The lowest BCUT2D eigenvalue weighted by Gasteiger charge is -2.52. The van der Waals surface area contributed by atoms with E-state index in [-0.39, 0.29) is 0 Å². The van der Waals surface area contributed by atoms with Crippen molar-refractivity contribution in [2.45, 2.75) is 153 Å². The lowest BCUT2D eigenvalue weighted by molar-refractivity contribution is -0.0861. The van der Waals surface area contributed by atoms with Gasteiger partial charge in [-0.15, -0.1) is 0 Å². The molecule has 13 unspecified atom stereocenters. The Morgan fingerprint density at radius 2 is 1.20 bits per heavy atom. The molecule has 2 heteroatoms. The summed E-state index contributed by atoms with van der Waals surface area (Å²) in [5, 5.41) is 0. The maximum absolute atomic E-state index is 7.17. The minimum atomic E-state index is 0.545. The summed E-state index contributed by atoms with van der Waals surface area (Å²) in [7, 11) is 0. The molecule has 0 aromatic carbocycles. The van der Waals surface area contributed by atoms with Gasteiger partial charge in [0.05, 0.1) is 12.2 Å². The third-order valence-electron chi connectivity index (χ3n) is 14.2. The van der Waals surface area contributed by atoms with Crippen molar-refractivity contribution in [2.75, 3.05) is 0 Å². The first-order chi connectivity index (χ1) is 17.1. The van der Waals surface area contributed by atoms with Crippen LogP contribution in [0.2, 0.25) is 0 Å². The number of ether oxygens (including phenoxy) is 1. The van der Waals surface area contributed by atoms with E-state index in [1.807, 2.05) is 0 Å². The SMILES string of the molecule is CC1(C)C2CCCCC2C2CCC3C4CCCCC4N(C4CCCC5C6CCCCC6OC54)C3C21. The Hall–Kier alpha value is -0.0800. The molecule has 0 aromatic heterocycles. The molecule has 196 valence electrons. The van der Waals surface area contributed by atoms with Crippen molar-refractivity contribution < 1.29 is 4.74 Å². The fraction of sp³-hybridized carbons (Fsp3) is 1.00. The molecule has 0 radical (unpaired) electrons. The number of fused-ring (bicyclic) bond motifs is 10. The second-order valence-electron chi connectivity index (χ2n) is 15.5. The second kappa shape index (κ2) is 8.46. The van der Waals surface area contributed by atoms with Crippen LogP contribution in [-0.2, 0) is 4.74 Å². The van der Waals surface area contributed by atoms with Crippen LogP contribution < -0.4 is 0 Å². The molecular formula is C33H53NO. The van der Waals surface area contributed by atoms with Crippen LogP contribution in [0, 0.1) is 52.8 Å². The Bertz CT molecular complexity index is 807. The number of nitrogens with zero attached hydrogens (tertiary/aromatic N) is 1. The fourth-order valence-corrected chi connectivity index (χ4v) is 13.3. The molecule has 35 heavy (non-hydrogen) atoms. The maximum Gasteiger partial charge on any atom is 0.0766 e. The molecule has 2 heterocycles. The van der Waals surface area contributed by atoms with Crippen LogP contribution in [0.3, 0.4) is 0 Å². The molecular weight excluding hydrogens is 426 g/mol. The van der Waals surface area contributed by atoms with Crippen LogP contribution in [0.5, 0.6) is 0 Å². The predicted molar refractivity (Wildman–Crippen MR) is 142 cm³/mol. The second-order valence-corrected chi connectivity index (χ2v) is 15.5. The summed E-state index contributed by atoms with van der Waals surface area (Å²) in [5.74, 6) is 7.87. The fourth-order valence-electron chi connectivity index (χ4n) is 13.3. The molecule has 8 fully saturated rings. The van der Waals surface area contributed by atoms with E-state index in [1.165, 1.54) is 83.5 Å². The summed E-state index contributed by atoms with van der Waals surface area (Å²) in [6, 6.07) is 2.53. The van der Waals surface area contributed by atoms with E-state index >= 15 is 0 Å². The molecule has 8 aliphatic rings. The van der Waals surface area contributed by atoms with E-state index in [2.05, 4.69) is 18.7 Å². The third kappa shape index (κ3) is 3.20. The zero-order valence-corrected chi connectivity index (χ0v) is 22.9. The van der Waals surface area contributed by atoms with Crippen LogP contribution in [0.15, 0.2) is 0 Å². The van der Waals surface area contributed by atoms with Crippen LogP contribution >= 0.6 is 0 Å². The lowest BCUT2D eigenvalue weighted by Crippen LogP contribution is -2.58. The van der Waals surface area contributed by atoms with E-state index in [1.54, 1.807) is 25.7 Å². The Labute approximate surface area is 215 Å². The highest BCUT2D eigenvalue weighted by Gasteiger charge is 2.66. The van der Waals surface area contributed by atoms with E-state index < -0.39 is 0 Å². The summed E-state index contributed by atoms with van der Waals surface area (Å²) in [6.45, 7) is 5.51. The Morgan fingerprint density at radius 1 is 0.543 bits per heavy atom. The van der Waals surface area contributed by atoms with Gasteiger partial charge in [0.1, 0.15) is 0 Å². The van der Waals surface area contributed by atoms with E-state index in [0.717, 1.165) is 65.5 Å². The molecule has 0 N–H and O–H groups in total. The quantitative estimate of drug-likeness (QED) is 0.380. The lowest BCUT2D eigenvalue weighted by atomic mass is 9.61. The largest absolute Gasteiger partial charge is 0.373 e. The van der Waals surface area contributed by atoms with Gasteiger partial charge in [-0.25, -0.2) is 0 Å². The van der Waals surface area contributed by atoms with Crippen molar-refractivity contribution in [2.24, 2.45) is 52.8 Å². The third-order valence-corrected chi connectivity index (χ3v) is 14.2. The Kier molecular flexibility index (Phi) is 5.53. The summed E-state index contributed by atoms with van der Waals surface area (Å²) in [4.78, 5) is 3.33. The molecule has 0 bridgehead atoms. The van der Waals surface area contributed by atoms with Gasteiger partial charge in [-0.3, -0.25) is 4.90 Å². The van der Waals surface area contributed by atoms with Crippen LogP contribution in [-0.4, -0.2) is 35.2 Å². The van der Waals surface area contributed by atoms with Crippen LogP contribution in [0.4, 0.5) is 0 Å².